The molecule has 3 rings (SSSR count). The number of carbonyl (C=O) groups is 1. The van der Waals surface area contributed by atoms with Crippen molar-refractivity contribution in [1.29, 1.82) is 5.26 Å². The number of hydrogen-bond acceptors (Lipinski definition) is 4. The number of Topliss-reactive ketones (excluding diaryl/α,β-unsaturated/α-hetero) is 1. The topological polar surface area (TPSA) is 62.9 Å². The van der Waals surface area contributed by atoms with E-state index >= 15 is 0 Å². The van der Waals surface area contributed by atoms with Gasteiger partial charge < -0.3 is 0 Å². The van der Waals surface area contributed by atoms with Gasteiger partial charge >= 0.3 is 6.18 Å². The second kappa shape index (κ2) is 9.12. The van der Waals surface area contributed by atoms with Crippen molar-refractivity contribution in [1.82, 2.24) is 4.57 Å². The Morgan fingerprint density at radius 2 is 1.76 bits per heavy atom. The molecule has 0 bridgehead atoms. The van der Waals surface area contributed by atoms with Crippen LogP contribution in [-0.2, 0) is 11.0 Å². The van der Waals surface area contributed by atoms with E-state index in [9.17, 15) is 28.0 Å². The van der Waals surface area contributed by atoms with Crippen LogP contribution in [0.25, 0.3) is 17.3 Å². The molecule has 0 N–H and O–H groups in total. The Morgan fingerprint density at radius 3 is 2.30 bits per heavy atom. The predicted molar refractivity (Wildman–Crippen MR) is 125 cm³/mol. The van der Waals surface area contributed by atoms with Crippen LogP contribution >= 0.6 is 27.3 Å². The summed E-state index contributed by atoms with van der Waals surface area (Å²) in [5.41, 5.74) is -2.17. The van der Waals surface area contributed by atoms with Crippen LogP contribution in [0, 0.1) is 16.7 Å². The van der Waals surface area contributed by atoms with Gasteiger partial charge in [0.25, 0.3) is 5.56 Å². The molecule has 0 spiro atoms. The van der Waals surface area contributed by atoms with Crippen molar-refractivity contribution >= 4 is 44.7 Å². The van der Waals surface area contributed by atoms with Crippen molar-refractivity contribution in [2.75, 3.05) is 0 Å². The minimum absolute atomic E-state index is 0.00916. The molecule has 170 valence electrons. The van der Waals surface area contributed by atoms with Crippen molar-refractivity contribution in [2.45, 2.75) is 26.9 Å². The summed E-state index contributed by atoms with van der Waals surface area (Å²) in [6.45, 7) is 4.88. The number of thiazole rings is 1. The molecule has 0 amide bonds. The molecule has 0 aliphatic carbocycles. The highest BCUT2D eigenvalue weighted by atomic mass is 79.9. The molecule has 1 heterocycles. The highest BCUT2D eigenvalue weighted by molar-refractivity contribution is 9.10. The summed E-state index contributed by atoms with van der Waals surface area (Å²) < 4.78 is 42.0. The van der Waals surface area contributed by atoms with Crippen LogP contribution in [0.4, 0.5) is 13.2 Å². The third kappa shape index (κ3) is 5.34. The summed E-state index contributed by atoms with van der Waals surface area (Å²) in [5.74, 6) is -0.512. The van der Waals surface area contributed by atoms with Crippen molar-refractivity contribution in [3.63, 3.8) is 0 Å². The van der Waals surface area contributed by atoms with Gasteiger partial charge in [0.1, 0.15) is 16.3 Å². The number of nitrogens with zero attached hydrogens (tertiary/aromatic N) is 2. The van der Waals surface area contributed by atoms with Gasteiger partial charge in [-0.15, -0.1) is 11.3 Å². The quantitative estimate of drug-likeness (QED) is 0.485. The molecule has 4 nitrogen and oxygen atoms in total. The lowest BCUT2D eigenvalue weighted by molar-refractivity contribution is -0.137. The molecule has 0 atom stereocenters. The first kappa shape index (κ1) is 24.7. The van der Waals surface area contributed by atoms with Crippen LogP contribution in [0.3, 0.4) is 0 Å². The van der Waals surface area contributed by atoms with E-state index in [0.717, 1.165) is 32.5 Å². The maximum absolute atomic E-state index is 13.3. The Balaban J connectivity index is 2.44. The molecule has 2 aromatic carbocycles. The summed E-state index contributed by atoms with van der Waals surface area (Å²) in [5, 5.41) is 9.78. The number of nitriles is 1. The fourth-order valence-electron chi connectivity index (χ4n) is 2.99. The average Bonchev–Trinajstić information content (AvgIpc) is 3.05. The smallest absolute Gasteiger partial charge is 0.293 e. The van der Waals surface area contributed by atoms with Crippen molar-refractivity contribution in [3.8, 4) is 11.8 Å². The van der Waals surface area contributed by atoms with E-state index in [0.29, 0.717) is 5.56 Å². The van der Waals surface area contributed by atoms with Crippen LogP contribution in [0.1, 0.15) is 31.9 Å². The lowest BCUT2D eigenvalue weighted by atomic mass is 9.87. The van der Waals surface area contributed by atoms with Gasteiger partial charge in [-0.25, -0.2) is 0 Å². The highest BCUT2D eigenvalue weighted by Crippen LogP contribution is 2.30. The van der Waals surface area contributed by atoms with Gasteiger partial charge in [-0.3, -0.25) is 14.2 Å². The molecule has 0 saturated carbocycles. The number of benzene rings is 2. The van der Waals surface area contributed by atoms with E-state index in [2.05, 4.69) is 15.9 Å². The molecule has 0 radical (unpaired) electrons. The van der Waals surface area contributed by atoms with Crippen LogP contribution < -0.4 is 14.8 Å². The first-order chi connectivity index (χ1) is 15.3. The molecule has 9 heteroatoms. The highest BCUT2D eigenvalue weighted by Gasteiger charge is 2.31. The number of rotatable bonds is 3. The van der Waals surface area contributed by atoms with Crippen molar-refractivity contribution in [3.05, 3.63) is 83.7 Å². The SMILES string of the molecule is CC(C)(C)C(=O)/C(C#N)=c1\s/c(=C/c2ccc(Br)cc2)c(=O)n1-c1cccc(C(F)(F)F)c1. The standard InChI is InChI=1S/C24H18BrF3N2O2S/c1-23(2,3)20(31)18(13-29)22-30(17-6-4-5-15(12-17)24(26,27)28)21(32)19(33-22)11-14-7-9-16(25)10-8-14/h4-12H,1-3H3/b19-11+,22-18-. The Kier molecular flexibility index (Phi) is 6.82. The van der Waals surface area contributed by atoms with E-state index in [1.807, 2.05) is 6.07 Å². The zero-order chi connectivity index (χ0) is 24.6. The number of halogens is 4. The molecule has 0 unspecified atom stereocenters. The molecule has 0 aliphatic rings. The Bertz CT molecular complexity index is 1440. The zero-order valence-corrected chi connectivity index (χ0v) is 20.2. The van der Waals surface area contributed by atoms with Gasteiger partial charge in [0, 0.05) is 9.89 Å². The predicted octanol–water partition coefficient (Wildman–Crippen LogP) is 4.80. The number of hydrogen-bond donors (Lipinski definition) is 0. The van der Waals surface area contributed by atoms with E-state index in [-0.39, 0.29) is 20.5 Å². The molecular weight excluding hydrogens is 517 g/mol. The van der Waals surface area contributed by atoms with Gasteiger partial charge in [-0.2, -0.15) is 18.4 Å². The first-order valence-electron chi connectivity index (χ1n) is 9.69. The lowest BCUT2D eigenvalue weighted by Crippen LogP contribution is -2.33. The van der Waals surface area contributed by atoms with Crippen molar-refractivity contribution in [2.24, 2.45) is 5.41 Å². The molecule has 0 aliphatic heterocycles. The number of aromatic nitrogens is 1. The molecule has 0 fully saturated rings. The summed E-state index contributed by atoms with van der Waals surface area (Å²) >= 11 is 4.22. The van der Waals surface area contributed by atoms with E-state index in [1.165, 1.54) is 12.1 Å². The van der Waals surface area contributed by atoms with Crippen LogP contribution in [0.15, 0.2) is 57.8 Å². The van der Waals surface area contributed by atoms with Gasteiger partial charge in [-0.05, 0) is 42.0 Å². The lowest BCUT2D eigenvalue weighted by Gasteiger charge is -2.15. The first-order valence-corrected chi connectivity index (χ1v) is 11.3. The summed E-state index contributed by atoms with van der Waals surface area (Å²) in [4.78, 5) is 26.3. The minimum Gasteiger partial charge on any atom is -0.293 e. The molecule has 1 aromatic heterocycles. The van der Waals surface area contributed by atoms with Crippen molar-refractivity contribution < 1.29 is 18.0 Å². The fourth-order valence-corrected chi connectivity index (χ4v) is 4.35. The Morgan fingerprint density at radius 1 is 1.12 bits per heavy atom. The number of ketones is 1. The Labute approximate surface area is 200 Å². The fraction of sp³-hybridized carbons (Fsp3) is 0.208. The average molecular weight is 535 g/mol. The molecule has 33 heavy (non-hydrogen) atoms. The summed E-state index contributed by atoms with van der Waals surface area (Å²) in [6, 6.07) is 13.2. The van der Waals surface area contributed by atoms with Gasteiger partial charge in [-0.1, -0.05) is 54.9 Å². The van der Waals surface area contributed by atoms with Gasteiger partial charge in [0.2, 0.25) is 0 Å². The summed E-state index contributed by atoms with van der Waals surface area (Å²) in [6.07, 6.45) is -3.05. The third-order valence-corrected chi connectivity index (χ3v) is 6.28. The van der Waals surface area contributed by atoms with E-state index < -0.39 is 28.5 Å². The number of carbonyl (C=O) groups excluding carboxylic acids is 1. The van der Waals surface area contributed by atoms with Crippen LogP contribution in [0.5, 0.6) is 0 Å². The molecule has 3 aromatic rings. The second-order valence-electron chi connectivity index (χ2n) is 8.22. The molecular formula is C24H18BrF3N2O2S. The van der Waals surface area contributed by atoms with E-state index in [4.69, 9.17) is 0 Å². The maximum Gasteiger partial charge on any atom is 0.416 e. The third-order valence-electron chi connectivity index (χ3n) is 4.66. The van der Waals surface area contributed by atoms with Gasteiger partial charge in [0.15, 0.2) is 5.78 Å². The minimum atomic E-state index is -4.62. The van der Waals surface area contributed by atoms with Crippen LogP contribution in [0.2, 0.25) is 0 Å². The Hall–Kier alpha value is -2.96. The summed E-state index contributed by atoms with van der Waals surface area (Å²) in [7, 11) is 0. The van der Waals surface area contributed by atoms with Crippen LogP contribution in [-0.4, -0.2) is 10.4 Å². The maximum atomic E-state index is 13.3. The largest absolute Gasteiger partial charge is 0.416 e. The monoisotopic (exact) mass is 534 g/mol. The number of alkyl halides is 3. The van der Waals surface area contributed by atoms with E-state index in [1.54, 1.807) is 51.1 Å². The molecule has 0 saturated heterocycles. The van der Waals surface area contributed by atoms with Gasteiger partial charge in [0.05, 0.1) is 15.8 Å². The second-order valence-corrected chi connectivity index (χ2v) is 10.2. The zero-order valence-electron chi connectivity index (χ0n) is 17.8. The normalized spacial score (nSPS) is 13.6.